The molecule has 3 aromatic heterocycles. The average molecular weight is 561 g/mol. The van der Waals surface area contributed by atoms with Crippen LogP contribution in [0.15, 0.2) is 46.1 Å². The van der Waals surface area contributed by atoms with Crippen LogP contribution in [-0.4, -0.2) is 45.7 Å². The molecule has 0 saturated carbocycles. The molecule has 2 N–H and O–H groups in total. The first-order valence-corrected chi connectivity index (χ1v) is 13.6. The number of carbonyl (C=O) groups excluding carboxylic acids is 2. The Labute approximate surface area is 224 Å². The summed E-state index contributed by atoms with van der Waals surface area (Å²) in [4.78, 5) is 38.2. The maximum Gasteiger partial charge on any atom is 0.433 e. The summed E-state index contributed by atoms with van der Waals surface area (Å²) in [7, 11) is 0. The quantitative estimate of drug-likeness (QED) is 0.392. The van der Waals surface area contributed by atoms with E-state index in [1.54, 1.807) is 35.9 Å². The number of amides is 2. The lowest BCUT2D eigenvalue weighted by molar-refractivity contribution is -0.141. The van der Waals surface area contributed by atoms with E-state index in [-0.39, 0.29) is 0 Å². The molecule has 0 bridgehead atoms. The number of halogens is 3. The summed E-state index contributed by atoms with van der Waals surface area (Å²) in [5.74, 6) is 0.483. The molecule has 0 atom stereocenters. The van der Waals surface area contributed by atoms with Crippen LogP contribution in [-0.2, 0) is 17.5 Å². The summed E-state index contributed by atoms with van der Waals surface area (Å²) in [5, 5.41) is 8.73. The zero-order chi connectivity index (χ0) is 26.7. The minimum Gasteiger partial charge on any atom is -0.341 e. The number of anilines is 1. The van der Waals surface area contributed by atoms with Crippen molar-refractivity contribution in [2.45, 2.75) is 25.6 Å². The smallest absolute Gasteiger partial charge is 0.341 e. The standard InChI is InChI=1S/C25H23F3N6O2S2/c26-25(27,28)21-10-16(9-19(32-21)17-4-8-37-14-17)13-29-12-15-2-6-34(7-3-15)23-30-5-1-18(31-23)11-20-22(35)33-24(36)38-20/h1,4-5,8-11,14-15,29H,2-3,6-7,12-13H2,(H,33,35,36)/b20-11-. The largest absolute Gasteiger partial charge is 0.433 e. The minimum atomic E-state index is -4.51. The Morgan fingerprint density at radius 1 is 1.16 bits per heavy atom. The lowest BCUT2D eigenvalue weighted by atomic mass is 9.97. The van der Waals surface area contributed by atoms with Crippen molar-refractivity contribution < 1.29 is 22.8 Å². The summed E-state index contributed by atoms with van der Waals surface area (Å²) in [6.07, 6.45) is 0.427. The van der Waals surface area contributed by atoms with E-state index in [1.807, 2.05) is 5.38 Å². The van der Waals surface area contributed by atoms with Crippen molar-refractivity contribution in [1.82, 2.24) is 25.6 Å². The molecule has 38 heavy (non-hydrogen) atoms. The molecule has 13 heteroatoms. The third-order valence-electron chi connectivity index (χ3n) is 6.24. The number of imide groups is 1. The van der Waals surface area contributed by atoms with E-state index in [4.69, 9.17) is 0 Å². The Hall–Kier alpha value is -3.29. The number of thiophene rings is 1. The SMILES string of the molecule is O=C1NC(=O)/C(=C/c2ccnc(N3CCC(CNCc4cc(-c5ccsc5)nc(C(F)(F)F)c4)CC3)n2)S1. The number of hydrogen-bond donors (Lipinski definition) is 2. The number of pyridine rings is 1. The van der Waals surface area contributed by atoms with Gasteiger partial charge in [-0.3, -0.25) is 14.9 Å². The van der Waals surface area contributed by atoms with Gasteiger partial charge in [-0.1, -0.05) is 0 Å². The summed E-state index contributed by atoms with van der Waals surface area (Å²) in [5.41, 5.74) is 1.20. The van der Waals surface area contributed by atoms with Crippen molar-refractivity contribution in [3.63, 3.8) is 0 Å². The lowest BCUT2D eigenvalue weighted by Crippen LogP contribution is -2.38. The number of nitrogens with one attached hydrogen (secondary N) is 2. The van der Waals surface area contributed by atoms with Gasteiger partial charge in [0.05, 0.1) is 16.3 Å². The van der Waals surface area contributed by atoms with Crippen LogP contribution in [0.25, 0.3) is 17.3 Å². The van der Waals surface area contributed by atoms with Crippen molar-refractivity contribution >= 4 is 46.3 Å². The molecule has 2 aliphatic heterocycles. The number of nitrogens with zero attached hydrogens (tertiary/aromatic N) is 4. The Kier molecular flexibility index (Phi) is 7.77. The number of carbonyl (C=O) groups is 2. The molecule has 2 amide bonds. The number of thioether (sulfide) groups is 1. The second kappa shape index (κ2) is 11.2. The van der Waals surface area contributed by atoms with Crippen LogP contribution in [0, 0.1) is 5.92 Å². The van der Waals surface area contributed by atoms with Crippen LogP contribution < -0.4 is 15.5 Å². The van der Waals surface area contributed by atoms with E-state index >= 15 is 0 Å². The fraction of sp³-hybridized carbons (Fsp3) is 0.320. The molecule has 198 valence electrons. The van der Waals surface area contributed by atoms with Gasteiger partial charge in [-0.25, -0.2) is 15.0 Å². The molecule has 0 radical (unpaired) electrons. The van der Waals surface area contributed by atoms with Gasteiger partial charge in [0.2, 0.25) is 5.95 Å². The predicted octanol–water partition coefficient (Wildman–Crippen LogP) is 4.95. The van der Waals surface area contributed by atoms with Gasteiger partial charge < -0.3 is 10.2 Å². The maximum atomic E-state index is 13.4. The Morgan fingerprint density at radius 3 is 2.66 bits per heavy atom. The highest BCUT2D eigenvalue weighted by molar-refractivity contribution is 8.18. The number of piperidine rings is 1. The van der Waals surface area contributed by atoms with Crippen LogP contribution in [0.2, 0.25) is 0 Å². The normalized spacial score (nSPS) is 17.9. The van der Waals surface area contributed by atoms with Crippen LogP contribution >= 0.6 is 23.1 Å². The predicted molar refractivity (Wildman–Crippen MR) is 140 cm³/mol. The fourth-order valence-electron chi connectivity index (χ4n) is 4.30. The second-order valence-electron chi connectivity index (χ2n) is 8.95. The number of hydrogen-bond acceptors (Lipinski definition) is 9. The van der Waals surface area contributed by atoms with Crippen LogP contribution in [0.5, 0.6) is 0 Å². The second-order valence-corrected chi connectivity index (χ2v) is 10.7. The zero-order valence-corrected chi connectivity index (χ0v) is 21.6. The van der Waals surface area contributed by atoms with Gasteiger partial charge in [-0.2, -0.15) is 24.5 Å². The van der Waals surface area contributed by atoms with E-state index in [0.717, 1.165) is 43.8 Å². The molecule has 5 rings (SSSR count). The van der Waals surface area contributed by atoms with Crippen molar-refractivity contribution in [3.8, 4) is 11.3 Å². The van der Waals surface area contributed by atoms with Gasteiger partial charge in [0.15, 0.2) is 0 Å². The van der Waals surface area contributed by atoms with Crippen molar-refractivity contribution in [1.29, 1.82) is 0 Å². The topological polar surface area (TPSA) is 100 Å². The highest BCUT2D eigenvalue weighted by Gasteiger charge is 2.33. The number of alkyl halides is 3. The Bertz CT molecular complexity index is 1360. The van der Waals surface area contributed by atoms with Crippen molar-refractivity contribution in [3.05, 3.63) is 63.1 Å². The fourth-order valence-corrected chi connectivity index (χ4v) is 5.62. The molecule has 0 aromatic carbocycles. The Morgan fingerprint density at radius 2 is 1.97 bits per heavy atom. The third kappa shape index (κ3) is 6.40. The Balaban J connectivity index is 1.16. The number of aromatic nitrogens is 3. The molecule has 5 heterocycles. The van der Waals surface area contributed by atoms with Gasteiger partial charge in [-0.15, -0.1) is 0 Å². The first kappa shape index (κ1) is 26.3. The van der Waals surface area contributed by atoms with Gasteiger partial charge in [-0.05, 0) is 78.4 Å². The van der Waals surface area contributed by atoms with Gasteiger partial charge in [0.1, 0.15) is 5.69 Å². The first-order valence-electron chi connectivity index (χ1n) is 11.9. The van der Waals surface area contributed by atoms with Crippen molar-refractivity contribution in [2.75, 3.05) is 24.5 Å². The molecule has 2 fully saturated rings. The maximum absolute atomic E-state index is 13.4. The molecule has 0 spiro atoms. The minimum absolute atomic E-state index is 0.295. The average Bonchev–Trinajstić information content (AvgIpc) is 3.54. The summed E-state index contributed by atoms with van der Waals surface area (Å²) in [6, 6.07) is 6.25. The summed E-state index contributed by atoms with van der Waals surface area (Å²) < 4.78 is 40.2. The molecule has 2 saturated heterocycles. The molecule has 0 aliphatic carbocycles. The molecule has 2 aliphatic rings. The first-order chi connectivity index (χ1) is 18.2. The lowest BCUT2D eigenvalue weighted by Gasteiger charge is -2.32. The summed E-state index contributed by atoms with van der Waals surface area (Å²) in [6.45, 7) is 2.46. The van der Waals surface area contributed by atoms with E-state index in [0.29, 0.717) is 52.4 Å². The summed E-state index contributed by atoms with van der Waals surface area (Å²) >= 11 is 2.25. The third-order valence-corrected chi connectivity index (χ3v) is 7.73. The van der Waals surface area contributed by atoms with Gasteiger partial charge in [0, 0.05) is 36.8 Å². The van der Waals surface area contributed by atoms with Crippen molar-refractivity contribution in [2.24, 2.45) is 5.92 Å². The monoisotopic (exact) mass is 560 g/mol. The highest BCUT2D eigenvalue weighted by atomic mass is 32.2. The zero-order valence-electron chi connectivity index (χ0n) is 20.0. The highest BCUT2D eigenvalue weighted by Crippen LogP contribution is 2.31. The van der Waals surface area contributed by atoms with Crippen LogP contribution in [0.1, 0.15) is 29.8 Å². The van der Waals surface area contributed by atoms with Crippen LogP contribution in [0.4, 0.5) is 23.9 Å². The number of rotatable bonds is 7. The van der Waals surface area contributed by atoms with Gasteiger partial charge in [0.25, 0.3) is 11.1 Å². The molecular formula is C25H23F3N6O2S2. The van der Waals surface area contributed by atoms with E-state index in [1.165, 1.54) is 11.3 Å². The molecule has 3 aromatic rings. The molecule has 0 unspecified atom stereocenters. The van der Waals surface area contributed by atoms with E-state index < -0.39 is 23.0 Å². The van der Waals surface area contributed by atoms with Gasteiger partial charge >= 0.3 is 6.18 Å². The van der Waals surface area contributed by atoms with E-state index in [2.05, 4.69) is 30.5 Å². The molecular weight excluding hydrogens is 537 g/mol. The molecule has 8 nitrogen and oxygen atoms in total. The van der Waals surface area contributed by atoms with E-state index in [9.17, 15) is 22.8 Å². The van der Waals surface area contributed by atoms with Crippen LogP contribution in [0.3, 0.4) is 0 Å².